The Morgan fingerprint density at radius 1 is 1.39 bits per heavy atom. The summed E-state index contributed by atoms with van der Waals surface area (Å²) in [6.45, 7) is 3.48. The van der Waals surface area contributed by atoms with Crippen molar-refractivity contribution in [1.29, 1.82) is 0 Å². The third-order valence-electron chi connectivity index (χ3n) is 3.20. The smallest absolute Gasteiger partial charge is 0.262 e. The van der Waals surface area contributed by atoms with E-state index in [-0.39, 0.29) is 0 Å². The molecular weight excluding hydrogens is 238 g/mol. The Balaban J connectivity index is 2.01. The number of nitrogens with one attached hydrogen (secondary N) is 2. The number of rotatable bonds is 2. The van der Waals surface area contributed by atoms with Gasteiger partial charge in [0.1, 0.15) is 0 Å². The van der Waals surface area contributed by atoms with Crippen LogP contribution in [0.3, 0.4) is 0 Å². The first-order valence-corrected chi connectivity index (χ1v) is 5.87. The highest BCUT2D eigenvalue weighted by atomic mass is 19.3. The van der Waals surface area contributed by atoms with Crippen LogP contribution in [0.15, 0.2) is 18.2 Å². The van der Waals surface area contributed by atoms with Crippen LogP contribution in [0.25, 0.3) is 0 Å². The maximum absolute atomic E-state index is 13.0. The fourth-order valence-electron chi connectivity index (χ4n) is 1.95. The molecule has 1 aromatic rings. The minimum Gasteiger partial charge on any atom is -0.325 e. The Bertz CT molecular complexity index is 474. The van der Waals surface area contributed by atoms with E-state index >= 15 is 0 Å². The Labute approximate surface area is 105 Å². The molecule has 0 spiro atoms. The Morgan fingerprint density at radius 2 is 2.11 bits per heavy atom. The summed E-state index contributed by atoms with van der Waals surface area (Å²) in [5.74, 6) is -3.19. The van der Waals surface area contributed by atoms with Crippen molar-refractivity contribution in [2.45, 2.75) is 32.2 Å². The van der Waals surface area contributed by atoms with Crippen LogP contribution in [-0.2, 0) is 4.79 Å². The molecule has 0 radical (unpaired) electrons. The average molecular weight is 254 g/mol. The number of amides is 1. The van der Waals surface area contributed by atoms with E-state index in [1.165, 1.54) is 0 Å². The minimum atomic E-state index is -2.79. The lowest BCUT2D eigenvalue weighted by molar-refractivity contribution is -0.118. The van der Waals surface area contributed by atoms with Gasteiger partial charge in [0.05, 0.1) is 12.6 Å². The Hall–Kier alpha value is -1.49. The first-order valence-electron chi connectivity index (χ1n) is 5.87. The van der Waals surface area contributed by atoms with Crippen LogP contribution in [0, 0.1) is 13.8 Å². The molecule has 1 saturated heterocycles. The van der Waals surface area contributed by atoms with Crippen LogP contribution in [-0.4, -0.2) is 24.4 Å². The molecule has 3 nitrogen and oxygen atoms in total. The number of aryl methyl sites for hydroxylation is 2. The van der Waals surface area contributed by atoms with Gasteiger partial charge in [-0.3, -0.25) is 10.1 Å². The summed E-state index contributed by atoms with van der Waals surface area (Å²) in [5, 5.41) is 5.19. The predicted octanol–water partition coefficient (Wildman–Crippen LogP) is 2.24. The summed E-state index contributed by atoms with van der Waals surface area (Å²) in [5.41, 5.74) is 2.82. The first-order chi connectivity index (χ1) is 8.37. The normalized spacial score (nSPS) is 21.9. The van der Waals surface area contributed by atoms with E-state index in [9.17, 15) is 13.6 Å². The summed E-state index contributed by atoms with van der Waals surface area (Å²) >= 11 is 0. The fraction of sp³-hybridized carbons (Fsp3) is 0.462. The van der Waals surface area contributed by atoms with Crippen LogP contribution in [0.1, 0.15) is 17.5 Å². The van der Waals surface area contributed by atoms with Crippen molar-refractivity contribution in [1.82, 2.24) is 5.32 Å². The topological polar surface area (TPSA) is 41.1 Å². The number of halogens is 2. The standard InChI is InChI=1S/C13H16F2N2O/c1-8-3-4-10(5-9(8)2)17-12(18)11-6-13(14,15)7-16-11/h3-5,11,16H,6-7H2,1-2H3,(H,17,18). The second-order valence-corrected chi connectivity index (χ2v) is 4.78. The van der Waals surface area contributed by atoms with Gasteiger partial charge in [-0.05, 0) is 37.1 Å². The van der Waals surface area contributed by atoms with Gasteiger partial charge in [0.25, 0.3) is 5.92 Å². The summed E-state index contributed by atoms with van der Waals surface area (Å²) in [6, 6.07) is 4.68. The second kappa shape index (κ2) is 4.65. The number of benzene rings is 1. The van der Waals surface area contributed by atoms with Gasteiger partial charge in [-0.15, -0.1) is 0 Å². The summed E-state index contributed by atoms with van der Waals surface area (Å²) in [4.78, 5) is 11.8. The van der Waals surface area contributed by atoms with Gasteiger partial charge >= 0.3 is 0 Å². The maximum atomic E-state index is 13.0. The SMILES string of the molecule is Cc1ccc(NC(=O)C2CC(F)(F)CN2)cc1C. The van der Waals surface area contributed by atoms with Crippen molar-refractivity contribution in [3.8, 4) is 0 Å². The molecule has 0 bridgehead atoms. The number of carbonyl (C=O) groups excluding carboxylic acids is 1. The number of hydrogen-bond acceptors (Lipinski definition) is 2. The van der Waals surface area contributed by atoms with E-state index in [2.05, 4.69) is 10.6 Å². The van der Waals surface area contributed by atoms with Gasteiger partial charge < -0.3 is 5.32 Å². The van der Waals surface area contributed by atoms with E-state index in [0.29, 0.717) is 5.69 Å². The molecule has 1 heterocycles. The molecule has 2 N–H and O–H groups in total. The molecule has 0 aliphatic carbocycles. The van der Waals surface area contributed by atoms with Gasteiger partial charge in [0, 0.05) is 12.1 Å². The lowest BCUT2D eigenvalue weighted by atomic mass is 10.1. The number of carbonyl (C=O) groups is 1. The van der Waals surface area contributed by atoms with Gasteiger partial charge in [0.15, 0.2) is 0 Å². The zero-order valence-corrected chi connectivity index (χ0v) is 10.4. The lowest BCUT2D eigenvalue weighted by Crippen LogP contribution is -2.35. The van der Waals surface area contributed by atoms with Crippen molar-refractivity contribution in [2.24, 2.45) is 0 Å². The van der Waals surface area contributed by atoms with E-state index < -0.39 is 30.8 Å². The highest BCUT2D eigenvalue weighted by Crippen LogP contribution is 2.25. The summed E-state index contributed by atoms with van der Waals surface area (Å²) < 4.78 is 25.9. The molecule has 98 valence electrons. The van der Waals surface area contributed by atoms with Crippen molar-refractivity contribution in [3.63, 3.8) is 0 Å². The molecule has 1 fully saturated rings. The molecule has 2 rings (SSSR count). The Kier molecular flexibility index (Phi) is 3.34. The molecule has 1 unspecified atom stereocenters. The molecule has 18 heavy (non-hydrogen) atoms. The molecular formula is C13H16F2N2O. The van der Waals surface area contributed by atoms with Crippen molar-refractivity contribution in [2.75, 3.05) is 11.9 Å². The Morgan fingerprint density at radius 3 is 2.67 bits per heavy atom. The average Bonchev–Trinajstić information content (AvgIpc) is 2.64. The predicted molar refractivity (Wildman–Crippen MR) is 65.9 cm³/mol. The minimum absolute atomic E-state index is 0.407. The fourth-order valence-corrected chi connectivity index (χ4v) is 1.95. The van der Waals surface area contributed by atoms with E-state index in [4.69, 9.17) is 0 Å². The summed E-state index contributed by atoms with van der Waals surface area (Å²) in [7, 11) is 0. The first kappa shape index (κ1) is 13.0. The molecule has 1 aromatic carbocycles. The van der Waals surface area contributed by atoms with Crippen LogP contribution in [0.4, 0.5) is 14.5 Å². The largest absolute Gasteiger partial charge is 0.325 e. The molecule has 0 saturated carbocycles. The molecule has 1 aliphatic rings. The van der Waals surface area contributed by atoms with E-state index in [0.717, 1.165) is 11.1 Å². The van der Waals surface area contributed by atoms with Crippen molar-refractivity contribution >= 4 is 11.6 Å². The van der Waals surface area contributed by atoms with E-state index in [1.54, 1.807) is 6.07 Å². The van der Waals surface area contributed by atoms with Crippen LogP contribution in [0.5, 0.6) is 0 Å². The third kappa shape index (κ3) is 2.85. The quantitative estimate of drug-likeness (QED) is 0.849. The molecule has 0 aromatic heterocycles. The maximum Gasteiger partial charge on any atom is 0.262 e. The molecule has 1 atom stereocenters. The molecule has 1 amide bonds. The van der Waals surface area contributed by atoms with Gasteiger partial charge in [-0.2, -0.15) is 0 Å². The zero-order chi connectivity index (χ0) is 13.3. The van der Waals surface area contributed by atoms with Gasteiger partial charge in [0.2, 0.25) is 5.91 Å². The molecule has 1 aliphatic heterocycles. The second-order valence-electron chi connectivity index (χ2n) is 4.78. The number of anilines is 1. The molecule has 5 heteroatoms. The van der Waals surface area contributed by atoms with Gasteiger partial charge in [-0.1, -0.05) is 6.07 Å². The lowest BCUT2D eigenvalue weighted by Gasteiger charge is -2.12. The number of hydrogen-bond donors (Lipinski definition) is 2. The zero-order valence-electron chi connectivity index (χ0n) is 10.4. The summed E-state index contributed by atoms with van der Waals surface area (Å²) in [6.07, 6.45) is -0.441. The van der Waals surface area contributed by atoms with Crippen LogP contribution < -0.4 is 10.6 Å². The number of alkyl halides is 2. The van der Waals surface area contributed by atoms with Crippen molar-refractivity contribution in [3.05, 3.63) is 29.3 Å². The van der Waals surface area contributed by atoms with Crippen LogP contribution >= 0.6 is 0 Å². The highest BCUT2D eigenvalue weighted by molar-refractivity contribution is 5.95. The third-order valence-corrected chi connectivity index (χ3v) is 3.20. The highest BCUT2D eigenvalue weighted by Gasteiger charge is 2.42. The van der Waals surface area contributed by atoms with E-state index in [1.807, 2.05) is 26.0 Å². The monoisotopic (exact) mass is 254 g/mol. The van der Waals surface area contributed by atoms with Crippen LogP contribution in [0.2, 0.25) is 0 Å². The van der Waals surface area contributed by atoms with Gasteiger partial charge in [-0.25, -0.2) is 8.78 Å². The van der Waals surface area contributed by atoms with Crippen molar-refractivity contribution < 1.29 is 13.6 Å².